The van der Waals surface area contributed by atoms with Gasteiger partial charge in [0, 0.05) is 33.8 Å². The molecule has 0 unspecified atom stereocenters. The Hall–Kier alpha value is -6.90. The van der Waals surface area contributed by atoms with Gasteiger partial charge in [0.25, 0.3) is 0 Å². The Bertz CT molecular complexity index is 2620. The SMILES string of the molecule is c1ccc(-c2cccc(N(c3ccccc3)c3ccc4c(c3)c(N(c3ccccc3)c3cccc(-c5ccccc5)c3)cc3ccccc34)c2)cc1. The minimum absolute atomic E-state index is 1.09. The van der Waals surface area contributed by atoms with Crippen LogP contribution in [-0.2, 0) is 0 Å². The fourth-order valence-electron chi connectivity index (χ4n) is 7.34. The molecule has 0 aromatic heterocycles. The third kappa shape index (κ3) is 5.97. The molecule has 0 saturated heterocycles. The van der Waals surface area contributed by atoms with E-state index in [1.54, 1.807) is 0 Å². The van der Waals surface area contributed by atoms with Crippen molar-refractivity contribution in [3.05, 3.63) is 218 Å². The van der Waals surface area contributed by atoms with E-state index < -0.39 is 0 Å². The highest BCUT2D eigenvalue weighted by Gasteiger charge is 2.20. The summed E-state index contributed by atoms with van der Waals surface area (Å²) in [6.45, 7) is 0. The van der Waals surface area contributed by atoms with Crippen LogP contribution in [0.15, 0.2) is 218 Å². The molecule has 0 aliphatic rings. The molecule has 0 atom stereocenters. The highest BCUT2D eigenvalue weighted by Crippen LogP contribution is 2.45. The van der Waals surface area contributed by atoms with Crippen molar-refractivity contribution in [3.8, 4) is 22.3 Å². The third-order valence-electron chi connectivity index (χ3n) is 9.77. The van der Waals surface area contributed by atoms with Crippen LogP contribution in [-0.4, -0.2) is 0 Å². The van der Waals surface area contributed by atoms with E-state index >= 15 is 0 Å². The molecule has 0 bridgehead atoms. The second-order valence-electron chi connectivity index (χ2n) is 13.0. The Labute approximate surface area is 305 Å². The van der Waals surface area contributed by atoms with Crippen LogP contribution in [0.1, 0.15) is 0 Å². The molecule has 0 saturated carbocycles. The first-order valence-electron chi connectivity index (χ1n) is 17.8. The van der Waals surface area contributed by atoms with Gasteiger partial charge in [0.05, 0.1) is 5.69 Å². The molecule has 0 heterocycles. The van der Waals surface area contributed by atoms with Crippen LogP contribution in [0.5, 0.6) is 0 Å². The van der Waals surface area contributed by atoms with Gasteiger partial charge >= 0.3 is 0 Å². The van der Waals surface area contributed by atoms with E-state index in [2.05, 4.69) is 228 Å². The maximum atomic E-state index is 2.41. The van der Waals surface area contributed by atoms with Crippen molar-refractivity contribution >= 4 is 55.7 Å². The molecule has 2 nitrogen and oxygen atoms in total. The van der Waals surface area contributed by atoms with E-state index in [4.69, 9.17) is 0 Å². The highest BCUT2D eigenvalue weighted by molar-refractivity contribution is 6.15. The van der Waals surface area contributed by atoms with Crippen molar-refractivity contribution in [2.45, 2.75) is 0 Å². The Morgan fingerprint density at radius 1 is 0.231 bits per heavy atom. The molecule has 0 radical (unpaired) electrons. The molecule has 0 aliphatic carbocycles. The molecule has 0 spiro atoms. The van der Waals surface area contributed by atoms with Crippen LogP contribution < -0.4 is 9.80 Å². The molecular weight excluding hydrogens is 629 g/mol. The number of anilines is 6. The Morgan fingerprint density at radius 3 is 1.27 bits per heavy atom. The molecule has 246 valence electrons. The van der Waals surface area contributed by atoms with Gasteiger partial charge < -0.3 is 9.80 Å². The molecule has 0 amide bonds. The standard InChI is InChI=1S/C50H36N2/c1-5-17-37(18-6-1)39-22-15-28-44(33-39)51(42-24-9-3-10-25-42)46-31-32-48-47-30-14-13-21-41(47)35-50(49(48)36-46)52(43-26-11-4-12-27-43)45-29-16-23-40(34-45)38-19-7-2-8-20-38/h1-36H. The van der Waals surface area contributed by atoms with Crippen LogP contribution in [0.25, 0.3) is 43.8 Å². The Morgan fingerprint density at radius 2 is 0.673 bits per heavy atom. The van der Waals surface area contributed by atoms with Crippen molar-refractivity contribution in [3.63, 3.8) is 0 Å². The van der Waals surface area contributed by atoms with E-state index in [0.29, 0.717) is 0 Å². The van der Waals surface area contributed by atoms with Crippen LogP contribution in [0.4, 0.5) is 34.1 Å². The first-order valence-corrected chi connectivity index (χ1v) is 17.8. The van der Waals surface area contributed by atoms with Crippen LogP contribution in [0.2, 0.25) is 0 Å². The van der Waals surface area contributed by atoms with E-state index in [9.17, 15) is 0 Å². The molecule has 2 heteroatoms. The maximum Gasteiger partial charge on any atom is 0.0547 e. The maximum absolute atomic E-state index is 2.41. The van der Waals surface area contributed by atoms with Gasteiger partial charge in [0.1, 0.15) is 0 Å². The van der Waals surface area contributed by atoms with Gasteiger partial charge in [-0.3, -0.25) is 0 Å². The zero-order valence-electron chi connectivity index (χ0n) is 28.7. The summed E-state index contributed by atoms with van der Waals surface area (Å²) in [4.78, 5) is 4.78. The second kappa shape index (κ2) is 13.8. The smallest absolute Gasteiger partial charge is 0.0547 e. The first-order chi connectivity index (χ1) is 25.8. The van der Waals surface area contributed by atoms with Crippen molar-refractivity contribution in [2.75, 3.05) is 9.80 Å². The number of nitrogens with zero attached hydrogens (tertiary/aromatic N) is 2. The van der Waals surface area contributed by atoms with Crippen molar-refractivity contribution in [1.29, 1.82) is 0 Å². The summed E-state index contributed by atoms with van der Waals surface area (Å²) >= 11 is 0. The molecule has 9 rings (SSSR count). The summed E-state index contributed by atoms with van der Waals surface area (Å²) in [5, 5.41) is 4.82. The number of rotatable bonds is 8. The van der Waals surface area contributed by atoms with Gasteiger partial charge in [-0.15, -0.1) is 0 Å². The topological polar surface area (TPSA) is 6.48 Å². The Balaban J connectivity index is 1.29. The lowest BCUT2D eigenvalue weighted by Crippen LogP contribution is -2.12. The van der Waals surface area contributed by atoms with Crippen molar-refractivity contribution < 1.29 is 0 Å². The Kier molecular flexibility index (Phi) is 8.24. The molecular formula is C50H36N2. The number of hydrogen-bond donors (Lipinski definition) is 0. The van der Waals surface area contributed by atoms with Gasteiger partial charge in [-0.2, -0.15) is 0 Å². The molecule has 0 aliphatic heterocycles. The molecule has 9 aromatic carbocycles. The van der Waals surface area contributed by atoms with Gasteiger partial charge in [-0.1, -0.05) is 152 Å². The molecule has 0 N–H and O–H groups in total. The van der Waals surface area contributed by atoms with Crippen molar-refractivity contribution in [2.24, 2.45) is 0 Å². The van der Waals surface area contributed by atoms with Crippen molar-refractivity contribution in [1.82, 2.24) is 0 Å². The lowest BCUT2D eigenvalue weighted by molar-refractivity contribution is 1.28. The number of fused-ring (bicyclic) bond motifs is 3. The average Bonchev–Trinajstić information content (AvgIpc) is 3.23. The molecule has 52 heavy (non-hydrogen) atoms. The monoisotopic (exact) mass is 664 g/mol. The van der Waals surface area contributed by atoms with Crippen LogP contribution in [0, 0.1) is 0 Å². The number of hydrogen-bond acceptors (Lipinski definition) is 2. The van der Waals surface area contributed by atoms with Gasteiger partial charge in [-0.05, 0) is 105 Å². The fraction of sp³-hybridized carbons (Fsp3) is 0. The second-order valence-corrected chi connectivity index (χ2v) is 13.0. The zero-order chi connectivity index (χ0) is 34.7. The average molecular weight is 665 g/mol. The van der Waals surface area contributed by atoms with E-state index in [1.807, 2.05) is 0 Å². The predicted octanol–water partition coefficient (Wildman–Crippen LogP) is 14.3. The number of benzene rings is 9. The zero-order valence-corrected chi connectivity index (χ0v) is 28.7. The van der Waals surface area contributed by atoms with Crippen LogP contribution >= 0.6 is 0 Å². The normalized spacial score (nSPS) is 11.1. The largest absolute Gasteiger partial charge is 0.310 e. The summed E-state index contributed by atoms with van der Waals surface area (Å²) in [6, 6.07) is 78.4. The van der Waals surface area contributed by atoms with Gasteiger partial charge in [0.2, 0.25) is 0 Å². The van der Waals surface area contributed by atoms with Gasteiger partial charge in [0.15, 0.2) is 0 Å². The lowest BCUT2D eigenvalue weighted by Gasteiger charge is -2.30. The van der Waals surface area contributed by atoms with E-state index in [0.717, 1.165) is 34.1 Å². The summed E-state index contributed by atoms with van der Waals surface area (Å²) in [5.41, 5.74) is 11.4. The quantitative estimate of drug-likeness (QED) is 0.149. The predicted molar refractivity (Wildman–Crippen MR) is 222 cm³/mol. The van der Waals surface area contributed by atoms with Crippen LogP contribution in [0.3, 0.4) is 0 Å². The highest BCUT2D eigenvalue weighted by atomic mass is 15.2. The molecule has 0 fully saturated rings. The summed E-state index contributed by atoms with van der Waals surface area (Å²) < 4.78 is 0. The third-order valence-corrected chi connectivity index (χ3v) is 9.77. The minimum atomic E-state index is 1.09. The summed E-state index contributed by atoms with van der Waals surface area (Å²) in [5.74, 6) is 0. The fourth-order valence-corrected chi connectivity index (χ4v) is 7.34. The summed E-state index contributed by atoms with van der Waals surface area (Å²) in [7, 11) is 0. The minimum Gasteiger partial charge on any atom is -0.310 e. The van der Waals surface area contributed by atoms with Gasteiger partial charge in [-0.25, -0.2) is 0 Å². The summed E-state index contributed by atoms with van der Waals surface area (Å²) in [6.07, 6.45) is 0. The molecule has 9 aromatic rings. The van der Waals surface area contributed by atoms with E-state index in [1.165, 1.54) is 43.8 Å². The number of para-hydroxylation sites is 2. The first kappa shape index (κ1) is 31.1. The van der Waals surface area contributed by atoms with E-state index in [-0.39, 0.29) is 0 Å². The lowest BCUT2D eigenvalue weighted by atomic mass is 9.97.